The van der Waals surface area contributed by atoms with Gasteiger partial charge in [0, 0.05) is 29.4 Å². The quantitative estimate of drug-likeness (QED) is 0.577. The number of benzene rings is 2. The number of rotatable bonds is 3. The molecule has 0 unspecified atom stereocenters. The second-order valence-electron chi connectivity index (χ2n) is 6.10. The van der Waals surface area contributed by atoms with Crippen molar-refractivity contribution in [3.63, 3.8) is 0 Å². The summed E-state index contributed by atoms with van der Waals surface area (Å²) in [6.07, 6.45) is 2.04. The molecule has 0 radical (unpaired) electrons. The number of para-hydroxylation sites is 2. The number of carbonyl (C=O) groups is 1. The third-order valence-electron chi connectivity index (χ3n) is 4.40. The van der Waals surface area contributed by atoms with Crippen molar-refractivity contribution in [3.8, 4) is 11.3 Å². The number of aryl methyl sites for hydroxylation is 1. The van der Waals surface area contributed by atoms with E-state index >= 15 is 0 Å². The number of imidazole rings is 1. The van der Waals surface area contributed by atoms with Crippen molar-refractivity contribution in [2.45, 2.75) is 11.7 Å². The Kier molecular flexibility index (Phi) is 3.57. The molecule has 0 bridgehead atoms. The SMILES string of the molecule is O=C(Nc1ccccc1-c1cn2c(n1)SCC2)c1cc2ccccc2o1. The second-order valence-corrected chi connectivity index (χ2v) is 7.16. The Morgan fingerprint density at radius 1 is 1.15 bits per heavy atom. The molecule has 4 aromatic rings. The van der Waals surface area contributed by atoms with Gasteiger partial charge in [0.25, 0.3) is 5.91 Å². The van der Waals surface area contributed by atoms with Gasteiger partial charge in [0.2, 0.25) is 0 Å². The second kappa shape index (κ2) is 6.07. The number of fused-ring (bicyclic) bond motifs is 2. The predicted octanol–water partition coefficient (Wildman–Crippen LogP) is 4.65. The Labute approximate surface area is 154 Å². The number of hydrogen-bond acceptors (Lipinski definition) is 4. The van der Waals surface area contributed by atoms with E-state index < -0.39 is 0 Å². The molecule has 5 nitrogen and oxygen atoms in total. The summed E-state index contributed by atoms with van der Waals surface area (Å²) in [5, 5.41) is 4.90. The molecule has 0 spiro atoms. The third kappa shape index (κ3) is 2.59. The zero-order valence-electron chi connectivity index (χ0n) is 13.8. The van der Waals surface area contributed by atoms with Gasteiger partial charge in [0.1, 0.15) is 5.58 Å². The molecule has 3 heterocycles. The maximum Gasteiger partial charge on any atom is 0.291 e. The van der Waals surface area contributed by atoms with Crippen LogP contribution < -0.4 is 5.32 Å². The van der Waals surface area contributed by atoms with Crippen molar-refractivity contribution in [1.82, 2.24) is 9.55 Å². The number of nitrogens with zero attached hydrogens (tertiary/aromatic N) is 2. The Morgan fingerprint density at radius 3 is 2.88 bits per heavy atom. The van der Waals surface area contributed by atoms with E-state index in [1.54, 1.807) is 17.8 Å². The number of thioether (sulfide) groups is 1. The van der Waals surface area contributed by atoms with Gasteiger partial charge >= 0.3 is 0 Å². The van der Waals surface area contributed by atoms with Gasteiger partial charge in [-0.2, -0.15) is 0 Å². The molecule has 2 aromatic carbocycles. The molecule has 5 rings (SSSR count). The van der Waals surface area contributed by atoms with Gasteiger partial charge in [-0.3, -0.25) is 4.79 Å². The van der Waals surface area contributed by atoms with E-state index in [4.69, 9.17) is 4.42 Å². The summed E-state index contributed by atoms with van der Waals surface area (Å²) in [7, 11) is 0. The summed E-state index contributed by atoms with van der Waals surface area (Å²) in [6, 6.07) is 17.0. The van der Waals surface area contributed by atoms with Crippen LogP contribution in [0, 0.1) is 0 Å². The summed E-state index contributed by atoms with van der Waals surface area (Å²) in [5.74, 6) is 1.09. The molecule has 1 aliphatic rings. The molecule has 0 saturated carbocycles. The lowest BCUT2D eigenvalue weighted by Gasteiger charge is -2.08. The average molecular weight is 361 g/mol. The van der Waals surface area contributed by atoms with Gasteiger partial charge in [-0.15, -0.1) is 0 Å². The monoisotopic (exact) mass is 361 g/mol. The van der Waals surface area contributed by atoms with Crippen LogP contribution in [0.2, 0.25) is 0 Å². The Balaban J connectivity index is 1.47. The van der Waals surface area contributed by atoms with Crippen LogP contribution in [0.3, 0.4) is 0 Å². The minimum absolute atomic E-state index is 0.269. The molecule has 1 aliphatic heterocycles. The standard InChI is InChI=1S/C20H15N3O2S/c24-19(18-11-13-5-1-4-8-17(13)25-18)21-15-7-3-2-6-14(15)16-12-23-9-10-26-20(23)22-16/h1-8,11-12H,9-10H2,(H,21,24). The summed E-state index contributed by atoms with van der Waals surface area (Å²) in [6.45, 7) is 0.973. The van der Waals surface area contributed by atoms with Crippen LogP contribution in [-0.2, 0) is 6.54 Å². The van der Waals surface area contributed by atoms with Crippen LogP contribution >= 0.6 is 11.8 Å². The number of anilines is 1. The van der Waals surface area contributed by atoms with E-state index in [0.717, 1.165) is 39.8 Å². The zero-order valence-corrected chi connectivity index (χ0v) is 14.6. The van der Waals surface area contributed by atoms with Crippen LogP contribution in [0.4, 0.5) is 5.69 Å². The molecule has 0 fully saturated rings. The van der Waals surface area contributed by atoms with Crippen molar-refractivity contribution in [3.05, 3.63) is 66.6 Å². The number of hydrogen-bond donors (Lipinski definition) is 1. The third-order valence-corrected chi connectivity index (χ3v) is 5.37. The number of nitrogens with one attached hydrogen (secondary N) is 1. The first-order valence-corrected chi connectivity index (χ1v) is 9.36. The minimum atomic E-state index is -0.269. The lowest BCUT2D eigenvalue weighted by atomic mass is 10.1. The molecule has 0 atom stereocenters. The highest BCUT2D eigenvalue weighted by Gasteiger charge is 2.19. The molecule has 26 heavy (non-hydrogen) atoms. The number of amides is 1. The van der Waals surface area contributed by atoms with Crippen molar-refractivity contribution in [2.24, 2.45) is 0 Å². The molecule has 6 heteroatoms. The summed E-state index contributed by atoms with van der Waals surface area (Å²) in [4.78, 5) is 17.4. The number of aromatic nitrogens is 2. The summed E-state index contributed by atoms with van der Waals surface area (Å²) >= 11 is 1.75. The fourth-order valence-electron chi connectivity index (χ4n) is 3.13. The molecule has 0 saturated heterocycles. The Bertz CT molecular complexity index is 1070. The van der Waals surface area contributed by atoms with Crippen molar-refractivity contribution >= 4 is 34.3 Å². The van der Waals surface area contributed by atoms with E-state index in [1.165, 1.54) is 0 Å². The van der Waals surface area contributed by atoms with Crippen LogP contribution in [-0.4, -0.2) is 21.2 Å². The van der Waals surface area contributed by atoms with Gasteiger partial charge in [0.15, 0.2) is 10.9 Å². The smallest absolute Gasteiger partial charge is 0.291 e. The van der Waals surface area contributed by atoms with E-state index in [-0.39, 0.29) is 5.91 Å². The summed E-state index contributed by atoms with van der Waals surface area (Å²) < 4.78 is 7.81. The van der Waals surface area contributed by atoms with Crippen molar-refractivity contribution in [2.75, 3.05) is 11.1 Å². The summed E-state index contributed by atoms with van der Waals surface area (Å²) in [5.41, 5.74) is 3.19. The Hall–Kier alpha value is -2.99. The van der Waals surface area contributed by atoms with Crippen LogP contribution in [0.25, 0.3) is 22.2 Å². The largest absolute Gasteiger partial charge is 0.451 e. The van der Waals surface area contributed by atoms with Gasteiger partial charge < -0.3 is 14.3 Å². The number of furan rings is 1. The van der Waals surface area contributed by atoms with Gasteiger partial charge in [-0.05, 0) is 18.2 Å². The average Bonchev–Trinajstić information content (AvgIpc) is 3.36. The van der Waals surface area contributed by atoms with E-state index in [1.807, 2.05) is 54.7 Å². The van der Waals surface area contributed by atoms with E-state index in [0.29, 0.717) is 11.3 Å². The molecule has 2 aromatic heterocycles. The van der Waals surface area contributed by atoms with Gasteiger partial charge in [-0.25, -0.2) is 4.98 Å². The first-order chi connectivity index (χ1) is 12.8. The predicted molar refractivity (Wildman–Crippen MR) is 103 cm³/mol. The van der Waals surface area contributed by atoms with Crippen LogP contribution in [0.1, 0.15) is 10.6 Å². The van der Waals surface area contributed by atoms with Gasteiger partial charge in [0.05, 0.1) is 11.4 Å². The Morgan fingerprint density at radius 2 is 2.00 bits per heavy atom. The number of carbonyl (C=O) groups excluding carboxylic acids is 1. The van der Waals surface area contributed by atoms with Crippen molar-refractivity contribution in [1.29, 1.82) is 0 Å². The first-order valence-electron chi connectivity index (χ1n) is 8.37. The lowest BCUT2D eigenvalue weighted by Crippen LogP contribution is -2.11. The fraction of sp³-hybridized carbons (Fsp3) is 0.100. The molecule has 1 N–H and O–H groups in total. The van der Waals surface area contributed by atoms with Crippen LogP contribution in [0.5, 0.6) is 0 Å². The molecule has 0 aliphatic carbocycles. The first kappa shape index (κ1) is 15.3. The zero-order chi connectivity index (χ0) is 17.5. The maximum absolute atomic E-state index is 12.7. The topological polar surface area (TPSA) is 60.1 Å². The molecular weight excluding hydrogens is 346 g/mol. The van der Waals surface area contributed by atoms with E-state index in [2.05, 4.69) is 14.9 Å². The fourth-order valence-corrected chi connectivity index (χ4v) is 4.08. The molecule has 1 amide bonds. The highest BCUT2D eigenvalue weighted by atomic mass is 32.2. The van der Waals surface area contributed by atoms with Crippen LogP contribution in [0.15, 0.2) is 70.4 Å². The van der Waals surface area contributed by atoms with E-state index in [9.17, 15) is 4.79 Å². The molecular formula is C20H15N3O2S. The van der Waals surface area contributed by atoms with Gasteiger partial charge in [-0.1, -0.05) is 48.2 Å². The normalized spacial score (nSPS) is 13.1. The maximum atomic E-state index is 12.7. The minimum Gasteiger partial charge on any atom is -0.451 e. The molecule has 128 valence electrons. The highest BCUT2D eigenvalue weighted by Crippen LogP contribution is 2.32. The van der Waals surface area contributed by atoms with Crippen molar-refractivity contribution < 1.29 is 9.21 Å². The highest BCUT2D eigenvalue weighted by molar-refractivity contribution is 7.99. The lowest BCUT2D eigenvalue weighted by molar-refractivity contribution is 0.0999.